The minimum atomic E-state index is -0.183. The Morgan fingerprint density at radius 1 is 1.15 bits per heavy atom. The largest absolute Gasteiger partial charge is 0.457 e. The van der Waals surface area contributed by atoms with Gasteiger partial charge in [-0.1, -0.05) is 35.6 Å². The Kier molecular flexibility index (Phi) is 4.63. The van der Waals surface area contributed by atoms with E-state index in [4.69, 9.17) is 28.2 Å². The Morgan fingerprint density at radius 2 is 1.96 bits per heavy atom. The number of pyridine rings is 1. The summed E-state index contributed by atoms with van der Waals surface area (Å²) in [4.78, 5) is 18.7. The SMILES string of the molecule is O=C1C(=Cc2ccc(-c3ccc(Cl)cc3)o2)SC(=S)N1c1cccnc1. The third-order valence-electron chi connectivity index (χ3n) is 3.73. The fourth-order valence-electron chi connectivity index (χ4n) is 2.51. The highest BCUT2D eigenvalue weighted by atomic mass is 35.5. The number of amides is 1. The Morgan fingerprint density at radius 3 is 2.69 bits per heavy atom. The molecule has 0 N–H and O–H groups in total. The maximum atomic E-state index is 12.7. The molecule has 0 aliphatic carbocycles. The van der Waals surface area contributed by atoms with Crippen LogP contribution >= 0.6 is 35.6 Å². The second-order valence-electron chi connectivity index (χ2n) is 5.44. The lowest BCUT2D eigenvalue weighted by Gasteiger charge is -2.13. The van der Waals surface area contributed by atoms with Crippen LogP contribution in [0.1, 0.15) is 5.76 Å². The lowest BCUT2D eigenvalue weighted by Crippen LogP contribution is -2.27. The van der Waals surface area contributed by atoms with Crippen molar-refractivity contribution in [2.45, 2.75) is 0 Å². The zero-order chi connectivity index (χ0) is 18.1. The molecule has 0 radical (unpaired) electrons. The predicted octanol–water partition coefficient (Wildman–Crippen LogP) is 5.40. The molecular formula is C19H11ClN2O2S2. The molecule has 2 aromatic heterocycles. The second kappa shape index (κ2) is 7.07. The van der Waals surface area contributed by atoms with Gasteiger partial charge in [-0.15, -0.1) is 0 Å². The first-order chi connectivity index (χ1) is 12.6. The molecule has 0 spiro atoms. The number of rotatable bonds is 3. The number of nitrogens with zero attached hydrogens (tertiary/aromatic N) is 2. The molecule has 0 saturated carbocycles. The van der Waals surface area contributed by atoms with Gasteiger partial charge in [-0.2, -0.15) is 0 Å². The number of carbonyl (C=O) groups is 1. The van der Waals surface area contributed by atoms with Crippen LogP contribution in [-0.2, 0) is 4.79 Å². The first-order valence-corrected chi connectivity index (χ1v) is 9.26. The van der Waals surface area contributed by atoms with Gasteiger partial charge in [0.15, 0.2) is 4.32 Å². The number of hydrogen-bond donors (Lipinski definition) is 0. The first kappa shape index (κ1) is 17.0. The van der Waals surface area contributed by atoms with Crippen LogP contribution in [0.2, 0.25) is 5.02 Å². The number of aromatic nitrogens is 1. The molecule has 128 valence electrons. The minimum Gasteiger partial charge on any atom is -0.457 e. The summed E-state index contributed by atoms with van der Waals surface area (Å²) in [6, 6.07) is 14.6. The van der Waals surface area contributed by atoms with E-state index in [0.717, 1.165) is 5.56 Å². The standard InChI is InChI=1S/C19H11ClN2O2S2/c20-13-5-3-12(4-6-13)16-8-7-15(24-16)10-17-18(23)22(19(25)26-17)14-2-1-9-21-11-14/h1-11H. The van der Waals surface area contributed by atoms with Crippen LogP contribution in [0.25, 0.3) is 17.4 Å². The first-order valence-electron chi connectivity index (χ1n) is 7.65. The average Bonchev–Trinajstić information content (AvgIpc) is 3.21. The highest BCUT2D eigenvalue weighted by molar-refractivity contribution is 8.27. The summed E-state index contributed by atoms with van der Waals surface area (Å²) in [5.41, 5.74) is 1.57. The van der Waals surface area contributed by atoms with Crippen molar-refractivity contribution in [3.63, 3.8) is 0 Å². The fraction of sp³-hybridized carbons (Fsp3) is 0. The van der Waals surface area contributed by atoms with E-state index in [2.05, 4.69) is 4.98 Å². The van der Waals surface area contributed by atoms with Crippen molar-refractivity contribution in [3.05, 3.63) is 76.6 Å². The number of thiocarbonyl (C=S) groups is 1. The normalized spacial score (nSPS) is 15.9. The van der Waals surface area contributed by atoms with Crippen molar-refractivity contribution in [2.24, 2.45) is 0 Å². The summed E-state index contributed by atoms with van der Waals surface area (Å²) >= 11 is 12.5. The molecule has 1 saturated heterocycles. The molecule has 3 aromatic rings. The highest BCUT2D eigenvalue weighted by Gasteiger charge is 2.33. The molecule has 1 aliphatic rings. The average molecular weight is 399 g/mol. The van der Waals surface area contributed by atoms with E-state index in [9.17, 15) is 4.79 Å². The summed E-state index contributed by atoms with van der Waals surface area (Å²) < 4.78 is 6.31. The molecular weight excluding hydrogens is 388 g/mol. The number of furan rings is 1. The predicted molar refractivity (Wildman–Crippen MR) is 109 cm³/mol. The van der Waals surface area contributed by atoms with Crippen LogP contribution in [0.15, 0.2) is 70.2 Å². The molecule has 0 atom stereocenters. The molecule has 1 amide bonds. The summed E-state index contributed by atoms with van der Waals surface area (Å²) in [7, 11) is 0. The van der Waals surface area contributed by atoms with Crippen molar-refractivity contribution in [2.75, 3.05) is 4.90 Å². The van der Waals surface area contributed by atoms with Crippen molar-refractivity contribution in [1.82, 2.24) is 4.98 Å². The monoisotopic (exact) mass is 398 g/mol. The van der Waals surface area contributed by atoms with Gasteiger partial charge >= 0.3 is 0 Å². The summed E-state index contributed by atoms with van der Waals surface area (Å²) in [6.45, 7) is 0. The zero-order valence-electron chi connectivity index (χ0n) is 13.3. The smallest absolute Gasteiger partial charge is 0.270 e. The van der Waals surface area contributed by atoms with E-state index in [1.54, 1.807) is 42.7 Å². The lowest BCUT2D eigenvalue weighted by atomic mass is 10.2. The van der Waals surface area contributed by atoms with Crippen molar-refractivity contribution in [1.29, 1.82) is 0 Å². The maximum Gasteiger partial charge on any atom is 0.270 e. The van der Waals surface area contributed by atoms with E-state index in [-0.39, 0.29) is 5.91 Å². The van der Waals surface area contributed by atoms with Gasteiger partial charge in [-0.3, -0.25) is 14.7 Å². The molecule has 4 nitrogen and oxygen atoms in total. The van der Waals surface area contributed by atoms with Crippen LogP contribution in [-0.4, -0.2) is 15.2 Å². The van der Waals surface area contributed by atoms with Gasteiger partial charge in [0.2, 0.25) is 0 Å². The van der Waals surface area contributed by atoms with Gasteiger partial charge in [0, 0.05) is 22.9 Å². The molecule has 1 aromatic carbocycles. The summed E-state index contributed by atoms with van der Waals surface area (Å²) in [6.07, 6.45) is 4.96. The lowest BCUT2D eigenvalue weighted by molar-refractivity contribution is -0.113. The van der Waals surface area contributed by atoms with Crippen molar-refractivity contribution >= 4 is 57.6 Å². The third kappa shape index (κ3) is 3.31. The van der Waals surface area contributed by atoms with E-state index < -0.39 is 0 Å². The Labute approximate surface area is 164 Å². The Bertz CT molecular complexity index is 1010. The number of hydrogen-bond acceptors (Lipinski definition) is 5. The molecule has 26 heavy (non-hydrogen) atoms. The van der Waals surface area contributed by atoms with Gasteiger partial charge in [-0.05, 0) is 48.5 Å². The van der Waals surface area contributed by atoms with Gasteiger partial charge in [0.05, 0.1) is 16.8 Å². The number of carbonyl (C=O) groups excluding carboxylic acids is 1. The molecule has 4 rings (SSSR count). The van der Waals surface area contributed by atoms with Crippen LogP contribution in [0.3, 0.4) is 0 Å². The van der Waals surface area contributed by atoms with Gasteiger partial charge in [-0.25, -0.2) is 0 Å². The van der Waals surface area contributed by atoms with E-state index in [1.165, 1.54) is 16.7 Å². The van der Waals surface area contributed by atoms with Crippen LogP contribution in [0, 0.1) is 0 Å². The van der Waals surface area contributed by atoms with E-state index >= 15 is 0 Å². The Hall–Kier alpha value is -2.41. The van der Waals surface area contributed by atoms with Gasteiger partial charge in [0.25, 0.3) is 5.91 Å². The second-order valence-corrected chi connectivity index (χ2v) is 7.55. The number of benzene rings is 1. The van der Waals surface area contributed by atoms with E-state index in [0.29, 0.717) is 31.5 Å². The summed E-state index contributed by atoms with van der Waals surface area (Å²) in [5, 5.41) is 0.666. The highest BCUT2D eigenvalue weighted by Crippen LogP contribution is 2.36. The van der Waals surface area contributed by atoms with Crippen molar-refractivity contribution in [3.8, 4) is 11.3 Å². The molecule has 0 unspecified atom stereocenters. The Balaban J connectivity index is 1.60. The van der Waals surface area contributed by atoms with Crippen LogP contribution < -0.4 is 4.90 Å². The molecule has 0 bridgehead atoms. The maximum absolute atomic E-state index is 12.7. The van der Waals surface area contributed by atoms with Crippen LogP contribution in [0.5, 0.6) is 0 Å². The topological polar surface area (TPSA) is 46.3 Å². The number of halogens is 1. The van der Waals surface area contributed by atoms with E-state index in [1.807, 2.05) is 24.3 Å². The van der Waals surface area contributed by atoms with Gasteiger partial charge in [0.1, 0.15) is 11.5 Å². The van der Waals surface area contributed by atoms with Gasteiger partial charge < -0.3 is 4.42 Å². The zero-order valence-corrected chi connectivity index (χ0v) is 15.6. The van der Waals surface area contributed by atoms with Crippen molar-refractivity contribution < 1.29 is 9.21 Å². The molecule has 1 aliphatic heterocycles. The summed E-state index contributed by atoms with van der Waals surface area (Å²) in [5.74, 6) is 1.11. The molecule has 7 heteroatoms. The quantitative estimate of drug-likeness (QED) is 0.436. The fourth-order valence-corrected chi connectivity index (χ4v) is 3.91. The number of thioether (sulfide) groups is 1. The molecule has 3 heterocycles. The molecule has 1 fully saturated rings. The third-order valence-corrected chi connectivity index (χ3v) is 5.28. The minimum absolute atomic E-state index is 0.183. The number of anilines is 1. The van der Waals surface area contributed by atoms with Crippen LogP contribution in [0.4, 0.5) is 5.69 Å².